The number of hydrogen-bond acceptors (Lipinski definition) is 5. The standard InChI is InChI=1S/C19H22N2O5S/c1-14(15-8-4-3-5-9-15)12-20-18(22)13-26-19(23)16-10-6-7-11-17(16)21-27(2,24)25/h3-11,14,21H,12-13H2,1-2H3,(H,20,22)/t14-/m0/s1. The number of carbonyl (C=O) groups excluding carboxylic acids is 2. The SMILES string of the molecule is C[C@@H](CNC(=O)COC(=O)c1ccccc1NS(C)(=O)=O)c1ccccc1. The quantitative estimate of drug-likeness (QED) is 0.673. The zero-order chi connectivity index (χ0) is 19.9. The first-order valence-corrected chi connectivity index (χ1v) is 10.2. The van der Waals surface area contributed by atoms with Gasteiger partial charge in [0.1, 0.15) is 0 Å². The summed E-state index contributed by atoms with van der Waals surface area (Å²) in [4.78, 5) is 24.1. The molecule has 27 heavy (non-hydrogen) atoms. The number of hydrogen-bond donors (Lipinski definition) is 2. The molecule has 0 unspecified atom stereocenters. The molecule has 0 saturated heterocycles. The highest BCUT2D eigenvalue weighted by Crippen LogP contribution is 2.17. The largest absolute Gasteiger partial charge is 0.452 e. The Morgan fingerprint density at radius 2 is 1.67 bits per heavy atom. The van der Waals surface area contributed by atoms with Crippen LogP contribution in [0.3, 0.4) is 0 Å². The van der Waals surface area contributed by atoms with E-state index in [1.54, 1.807) is 12.1 Å². The van der Waals surface area contributed by atoms with Crippen molar-refractivity contribution < 1.29 is 22.7 Å². The molecule has 0 heterocycles. The number of carbonyl (C=O) groups is 2. The van der Waals surface area contributed by atoms with Gasteiger partial charge in [-0.15, -0.1) is 0 Å². The minimum Gasteiger partial charge on any atom is -0.452 e. The van der Waals surface area contributed by atoms with E-state index in [2.05, 4.69) is 10.0 Å². The van der Waals surface area contributed by atoms with Crippen LogP contribution in [0, 0.1) is 0 Å². The molecule has 0 radical (unpaired) electrons. The first kappa shape index (κ1) is 20.4. The van der Waals surface area contributed by atoms with Gasteiger partial charge in [0, 0.05) is 6.54 Å². The zero-order valence-corrected chi connectivity index (χ0v) is 16.0. The Labute approximate surface area is 158 Å². The average Bonchev–Trinajstić information content (AvgIpc) is 2.64. The Morgan fingerprint density at radius 1 is 1.04 bits per heavy atom. The number of ether oxygens (including phenoxy) is 1. The van der Waals surface area contributed by atoms with Crippen LogP contribution in [0.2, 0.25) is 0 Å². The number of nitrogens with one attached hydrogen (secondary N) is 2. The fourth-order valence-electron chi connectivity index (χ4n) is 2.38. The maximum absolute atomic E-state index is 12.2. The van der Waals surface area contributed by atoms with Crippen LogP contribution in [-0.4, -0.2) is 39.7 Å². The number of esters is 1. The van der Waals surface area contributed by atoms with Crippen LogP contribution in [0.1, 0.15) is 28.8 Å². The van der Waals surface area contributed by atoms with E-state index in [1.165, 1.54) is 12.1 Å². The van der Waals surface area contributed by atoms with Crippen LogP contribution in [-0.2, 0) is 19.6 Å². The smallest absolute Gasteiger partial charge is 0.340 e. The molecule has 0 aliphatic rings. The van der Waals surface area contributed by atoms with E-state index in [1.807, 2.05) is 37.3 Å². The van der Waals surface area contributed by atoms with E-state index in [4.69, 9.17) is 4.74 Å². The average molecular weight is 390 g/mol. The fraction of sp³-hybridized carbons (Fsp3) is 0.263. The molecule has 7 nitrogen and oxygen atoms in total. The molecule has 2 rings (SSSR count). The molecule has 0 saturated carbocycles. The van der Waals surface area contributed by atoms with Gasteiger partial charge in [-0.2, -0.15) is 0 Å². The molecule has 0 aliphatic heterocycles. The minimum absolute atomic E-state index is 0.0355. The van der Waals surface area contributed by atoms with Crippen LogP contribution >= 0.6 is 0 Å². The molecule has 0 bridgehead atoms. The monoisotopic (exact) mass is 390 g/mol. The van der Waals surface area contributed by atoms with Crippen molar-refractivity contribution in [3.8, 4) is 0 Å². The van der Waals surface area contributed by atoms with Crippen molar-refractivity contribution in [3.05, 3.63) is 65.7 Å². The summed E-state index contributed by atoms with van der Waals surface area (Å²) in [7, 11) is -3.55. The third-order valence-electron chi connectivity index (χ3n) is 3.75. The van der Waals surface area contributed by atoms with Crippen molar-refractivity contribution in [3.63, 3.8) is 0 Å². The van der Waals surface area contributed by atoms with Crippen molar-refractivity contribution in [1.29, 1.82) is 0 Å². The summed E-state index contributed by atoms with van der Waals surface area (Å²) in [5.41, 5.74) is 1.23. The minimum atomic E-state index is -3.55. The molecular weight excluding hydrogens is 368 g/mol. The highest BCUT2D eigenvalue weighted by atomic mass is 32.2. The molecule has 0 aliphatic carbocycles. The van der Waals surface area contributed by atoms with Gasteiger partial charge in [0.2, 0.25) is 10.0 Å². The van der Waals surface area contributed by atoms with Crippen molar-refractivity contribution >= 4 is 27.6 Å². The van der Waals surface area contributed by atoms with Gasteiger partial charge in [-0.1, -0.05) is 49.4 Å². The first-order valence-electron chi connectivity index (χ1n) is 8.32. The van der Waals surface area contributed by atoms with E-state index in [-0.39, 0.29) is 17.2 Å². The van der Waals surface area contributed by atoms with Crippen molar-refractivity contribution in [2.45, 2.75) is 12.8 Å². The maximum Gasteiger partial charge on any atom is 0.340 e. The lowest BCUT2D eigenvalue weighted by molar-refractivity contribution is -0.124. The van der Waals surface area contributed by atoms with Gasteiger partial charge < -0.3 is 10.1 Å². The molecule has 8 heteroatoms. The fourth-order valence-corrected chi connectivity index (χ4v) is 2.95. The number of para-hydroxylation sites is 1. The van der Waals surface area contributed by atoms with Crippen LogP contribution in [0.4, 0.5) is 5.69 Å². The number of sulfonamides is 1. The van der Waals surface area contributed by atoms with Crippen molar-refractivity contribution in [1.82, 2.24) is 5.32 Å². The summed E-state index contributed by atoms with van der Waals surface area (Å²) in [5.74, 6) is -1.10. The van der Waals surface area contributed by atoms with Crippen LogP contribution < -0.4 is 10.0 Å². The second kappa shape index (κ2) is 9.18. The number of anilines is 1. The van der Waals surface area contributed by atoms with Crippen LogP contribution in [0.25, 0.3) is 0 Å². The van der Waals surface area contributed by atoms with E-state index in [0.717, 1.165) is 11.8 Å². The van der Waals surface area contributed by atoms with Gasteiger partial charge in [0.25, 0.3) is 5.91 Å². The van der Waals surface area contributed by atoms with E-state index in [9.17, 15) is 18.0 Å². The van der Waals surface area contributed by atoms with Gasteiger partial charge in [-0.25, -0.2) is 13.2 Å². The summed E-state index contributed by atoms with van der Waals surface area (Å²) in [5, 5.41) is 2.71. The van der Waals surface area contributed by atoms with Gasteiger partial charge in [0.15, 0.2) is 6.61 Å². The first-order chi connectivity index (χ1) is 12.8. The van der Waals surface area contributed by atoms with Crippen LogP contribution in [0.15, 0.2) is 54.6 Å². The highest BCUT2D eigenvalue weighted by molar-refractivity contribution is 7.92. The van der Waals surface area contributed by atoms with Gasteiger partial charge >= 0.3 is 5.97 Å². The second-order valence-corrected chi connectivity index (χ2v) is 7.86. The number of benzene rings is 2. The maximum atomic E-state index is 12.2. The second-order valence-electron chi connectivity index (χ2n) is 6.11. The third-order valence-corrected chi connectivity index (χ3v) is 4.34. The Balaban J connectivity index is 1.87. The number of amides is 1. The van der Waals surface area contributed by atoms with Crippen molar-refractivity contribution in [2.75, 3.05) is 24.1 Å². The molecule has 144 valence electrons. The predicted octanol–water partition coefficient (Wildman–Crippen LogP) is 2.13. The molecule has 2 aromatic rings. The Kier molecular flexibility index (Phi) is 6.95. The van der Waals surface area contributed by atoms with Gasteiger partial charge in [0.05, 0.1) is 17.5 Å². The van der Waals surface area contributed by atoms with E-state index < -0.39 is 28.5 Å². The molecule has 0 aromatic heterocycles. The Morgan fingerprint density at radius 3 is 2.33 bits per heavy atom. The number of rotatable bonds is 8. The summed E-state index contributed by atoms with van der Waals surface area (Å²) >= 11 is 0. The Bertz CT molecular complexity index is 897. The van der Waals surface area contributed by atoms with Crippen LogP contribution in [0.5, 0.6) is 0 Å². The molecule has 0 fully saturated rings. The molecule has 2 aromatic carbocycles. The molecule has 1 atom stereocenters. The molecular formula is C19H22N2O5S. The normalized spacial score (nSPS) is 12.1. The summed E-state index contributed by atoms with van der Waals surface area (Å²) in [6.45, 7) is 1.94. The summed E-state index contributed by atoms with van der Waals surface area (Å²) in [6.07, 6.45) is 0.983. The van der Waals surface area contributed by atoms with E-state index >= 15 is 0 Å². The lowest BCUT2D eigenvalue weighted by Crippen LogP contribution is -2.31. The van der Waals surface area contributed by atoms with Gasteiger partial charge in [-0.05, 0) is 23.6 Å². The van der Waals surface area contributed by atoms with E-state index in [0.29, 0.717) is 6.54 Å². The third kappa shape index (κ3) is 6.74. The topological polar surface area (TPSA) is 102 Å². The lowest BCUT2D eigenvalue weighted by atomic mass is 10.0. The predicted molar refractivity (Wildman–Crippen MR) is 103 cm³/mol. The highest BCUT2D eigenvalue weighted by Gasteiger charge is 2.16. The van der Waals surface area contributed by atoms with Gasteiger partial charge in [-0.3, -0.25) is 9.52 Å². The lowest BCUT2D eigenvalue weighted by Gasteiger charge is -2.13. The zero-order valence-electron chi connectivity index (χ0n) is 15.1. The Hall–Kier alpha value is -2.87. The molecule has 2 N–H and O–H groups in total. The summed E-state index contributed by atoms with van der Waals surface area (Å²) < 4.78 is 30.0. The molecule has 1 amide bonds. The molecule has 0 spiro atoms. The summed E-state index contributed by atoms with van der Waals surface area (Å²) in [6, 6.07) is 15.8. The van der Waals surface area contributed by atoms with Crippen molar-refractivity contribution in [2.24, 2.45) is 0 Å².